The minimum atomic E-state index is -1.14. The molecule has 0 atom stereocenters. The summed E-state index contributed by atoms with van der Waals surface area (Å²) in [7, 11) is 0. The lowest BCUT2D eigenvalue weighted by molar-refractivity contribution is -0.144. The van der Waals surface area contributed by atoms with Crippen LogP contribution in [0.3, 0.4) is 0 Å². The van der Waals surface area contributed by atoms with E-state index in [0.717, 1.165) is 17.7 Å². The number of anilines is 1. The molecule has 0 saturated heterocycles. The lowest BCUT2D eigenvalue weighted by Gasteiger charge is -2.30. The zero-order chi connectivity index (χ0) is 19.6. The molecule has 1 saturated carbocycles. The van der Waals surface area contributed by atoms with Gasteiger partial charge in [0.05, 0.1) is 0 Å². The van der Waals surface area contributed by atoms with Crippen molar-refractivity contribution in [3.63, 3.8) is 0 Å². The van der Waals surface area contributed by atoms with Crippen molar-refractivity contribution in [2.45, 2.75) is 39.3 Å². The standard InChI is InChI=1S/C21H22F2N2O2/c1-14(2)25(13-15-6-4-3-5-7-15)20(27)21(10-11-21)19(26)24-16-8-9-17(22)18(23)12-16/h3-9,12,14H,10-11,13H2,1-2H3,(H,24,26). The van der Waals surface area contributed by atoms with Gasteiger partial charge >= 0.3 is 0 Å². The number of rotatable bonds is 6. The Hall–Kier alpha value is -2.76. The summed E-state index contributed by atoms with van der Waals surface area (Å²) in [4.78, 5) is 27.6. The summed E-state index contributed by atoms with van der Waals surface area (Å²) in [6, 6.07) is 12.6. The van der Waals surface area contributed by atoms with Crippen LogP contribution >= 0.6 is 0 Å². The molecule has 0 radical (unpaired) electrons. The van der Waals surface area contributed by atoms with Gasteiger partial charge in [-0.05, 0) is 44.4 Å². The Morgan fingerprint density at radius 2 is 1.74 bits per heavy atom. The molecule has 4 nitrogen and oxygen atoms in total. The van der Waals surface area contributed by atoms with E-state index in [4.69, 9.17) is 0 Å². The molecule has 2 amide bonds. The Kier molecular flexibility index (Phi) is 5.26. The van der Waals surface area contributed by atoms with Crippen LogP contribution in [0.4, 0.5) is 14.5 Å². The molecule has 27 heavy (non-hydrogen) atoms. The number of halogens is 2. The molecule has 1 fully saturated rings. The molecule has 2 aromatic carbocycles. The maximum Gasteiger partial charge on any atom is 0.240 e. The van der Waals surface area contributed by atoms with E-state index in [1.54, 1.807) is 4.90 Å². The number of benzene rings is 2. The van der Waals surface area contributed by atoms with Crippen molar-refractivity contribution in [1.82, 2.24) is 4.90 Å². The summed E-state index contributed by atoms with van der Waals surface area (Å²) in [5.74, 6) is -2.74. The number of hydrogen-bond donors (Lipinski definition) is 1. The molecule has 1 N–H and O–H groups in total. The first-order valence-electron chi connectivity index (χ1n) is 8.95. The van der Waals surface area contributed by atoms with Gasteiger partial charge in [0.2, 0.25) is 11.8 Å². The first-order valence-corrected chi connectivity index (χ1v) is 8.95. The summed E-state index contributed by atoms with van der Waals surface area (Å²) in [6.45, 7) is 4.23. The van der Waals surface area contributed by atoms with Gasteiger partial charge in [-0.3, -0.25) is 9.59 Å². The number of nitrogens with one attached hydrogen (secondary N) is 1. The van der Waals surface area contributed by atoms with Gasteiger partial charge in [-0.15, -0.1) is 0 Å². The number of amides is 2. The fraction of sp³-hybridized carbons (Fsp3) is 0.333. The Bertz CT molecular complexity index is 849. The lowest BCUT2D eigenvalue weighted by Crippen LogP contribution is -2.45. The zero-order valence-corrected chi connectivity index (χ0v) is 15.3. The molecule has 2 aromatic rings. The third-order valence-corrected chi connectivity index (χ3v) is 4.85. The first kappa shape index (κ1) is 19.0. The fourth-order valence-electron chi connectivity index (χ4n) is 3.03. The maximum atomic E-state index is 13.4. The van der Waals surface area contributed by atoms with Crippen LogP contribution in [0.15, 0.2) is 48.5 Å². The highest BCUT2D eigenvalue weighted by molar-refractivity contribution is 6.13. The summed E-state index contributed by atoms with van der Waals surface area (Å²) >= 11 is 0. The van der Waals surface area contributed by atoms with Crippen LogP contribution in [-0.4, -0.2) is 22.8 Å². The normalized spacial score (nSPS) is 14.7. The minimum Gasteiger partial charge on any atom is -0.335 e. The molecule has 142 valence electrons. The zero-order valence-electron chi connectivity index (χ0n) is 15.3. The highest BCUT2D eigenvalue weighted by Gasteiger charge is 2.58. The number of carbonyl (C=O) groups is 2. The summed E-state index contributed by atoms with van der Waals surface area (Å²) < 4.78 is 26.4. The third kappa shape index (κ3) is 3.99. The summed E-state index contributed by atoms with van der Waals surface area (Å²) in [5, 5.41) is 2.56. The third-order valence-electron chi connectivity index (χ3n) is 4.85. The van der Waals surface area contributed by atoms with Crippen LogP contribution in [0.25, 0.3) is 0 Å². The summed E-state index contributed by atoms with van der Waals surface area (Å²) in [6.07, 6.45) is 0.888. The van der Waals surface area contributed by atoms with Gasteiger partial charge in [-0.2, -0.15) is 0 Å². The second-order valence-corrected chi connectivity index (χ2v) is 7.18. The van der Waals surface area contributed by atoms with Crippen molar-refractivity contribution >= 4 is 17.5 Å². The average Bonchev–Trinajstić information content (AvgIpc) is 3.45. The second kappa shape index (κ2) is 7.47. The van der Waals surface area contributed by atoms with Gasteiger partial charge in [-0.25, -0.2) is 8.78 Å². The second-order valence-electron chi connectivity index (χ2n) is 7.18. The molecular formula is C21H22F2N2O2. The molecule has 0 aromatic heterocycles. The van der Waals surface area contributed by atoms with Crippen molar-refractivity contribution in [2.75, 3.05) is 5.32 Å². The van der Waals surface area contributed by atoms with Crippen molar-refractivity contribution in [3.05, 3.63) is 65.7 Å². The lowest BCUT2D eigenvalue weighted by atomic mass is 10.0. The van der Waals surface area contributed by atoms with Crippen LogP contribution in [-0.2, 0) is 16.1 Å². The molecule has 1 aliphatic rings. The van der Waals surface area contributed by atoms with Crippen LogP contribution in [0, 0.1) is 17.0 Å². The van der Waals surface area contributed by atoms with E-state index in [-0.39, 0.29) is 17.6 Å². The SMILES string of the molecule is CC(C)N(Cc1ccccc1)C(=O)C1(C(=O)Nc2ccc(F)c(F)c2)CC1. The van der Waals surface area contributed by atoms with Crippen molar-refractivity contribution in [2.24, 2.45) is 5.41 Å². The van der Waals surface area contributed by atoms with E-state index in [1.807, 2.05) is 44.2 Å². The molecule has 0 spiro atoms. The van der Waals surface area contributed by atoms with Crippen LogP contribution in [0.2, 0.25) is 0 Å². The Morgan fingerprint density at radius 1 is 1.07 bits per heavy atom. The van der Waals surface area contributed by atoms with E-state index in [2.05, 4.69) is 5.32 Å². The van der Waals surface area contributed by atoms with Crippen LogP contribution in [0.1, 0.15) is 32.3 Å². The predicted molar refractivity (Wildman–Crippen MR) is 98.8 cm³/mol. The number of hydrogen-bond acceptors (Lipinski definition) is 2. The predicted octanol–water partition coefficient (Wildman–Crippen LogP) is 4.12. The van der Waals surface area contributed by atoms with Crippen molar-refractivity contribution in [3.8, 4) is 0 Å². The van der Waals surface area contributed by atoms with E-state index in [0.29, 0.717) is 19.4 Å². The fourth-order valence-corrected chi connectivity index (χ4v) is 3.03. The van der Waals surface area contributed by atoms with Gasteiger partial charge in [0.1, 0.15) is 5.41 Å². The topological polar surface area (TPSA) is 49.4 Å². The van der Waals surface area contributed by atoms with Gasteiger partial charge < -0.3 is 10.2 Å². The quantitative estimate of drug-likeness (QED) is 0.776. The highest BCUT2D eigenvalue weighted by Crippen LogP contribution is 2.48. The Balaban J connectivity index is 1.76. The van der Waals surface area contributed by atoms with E-state index < -0.39 is 23.0 Å². The van der Waals surface area contributed by atoms with Gasteiger partial charge in [0.25, 0.3) is 0 Å². The molecule has 1 aliphatic carbocycles. The van der Waals surface area contributed by atoms with Crippen LogP contribution < -0.4 is 5.32 Å². The first-order chi connectivity index (χ1) is 12.8. The molecule has 0 heterocycles. The molecule has 6 heteroatoms. The minimum absolute atomic E-state index is 0.0775. The Labute approximate surface area is 157 Å². The summed E-state index contributed by atoms with van der Waals surface area (Å²) in [5.41, 5.74) is -0.0160. The Morgan fingerprint density at radius 3 is 2.30 bits per heavy atom. The van der Waals surface area contributed by atoms with E-state index >= 15 is 0 Å². The largest absolute Gasteiger partial charge is 0.335 e. The molecule has 0 aliphatic heterocycles. The molecule has 3 rings (SSSR count). The van der Waals surface area contributed by atoms with Crippen molar-refractivity contribution < 1.29 is 18.4 Å². The van der Waals surface area contributed by atoms with E-state index in [9.17, 15) is 18.4 Å². The van der Waals surface area contributed by atoms with Gasteiger partial charge in [-0.1, -0.05) is 30.3 Å². The van der Waals surface area contributed by atoms with E-state index in [1.165, 1.54) is 6.07 Å². The number of nitrogens with zero attached hydrogens (tertiary/aromatic N) is 1. The number of carbonyl (C=O) groups excluding carboxylic acids is 2. The van der Waals surface area contributed by atoms with Gasteiger partial charge in [0.15, 0.2) is 11.6 Å². The van der Waals surface area contributed by atoms with Gasteiger partial charge in [0, 0.05) is 24.3 Å². The maximum absolute atomic E-state index is 13.4. The monoisotopic (exact) mass is 372 g/mol. The van der Waals surface area contributed by atoms with Crippen LogP contribution in [0.5, 0.6) is 0 Å². The molecular weight excluding hydrogens is 350 g/mol. The molecule has 0 unspecified atom stereocenters. The smallest absolute Gasteiger partial charge is 0.240 e. The molecule has 0 bridgehead atoms. The van der Waals surface area contributed by atoms with Crippen molar-refractivity contribution in [1.29, 1.82) is 0 Å². The average molecular weight is 372 g/mol. The highest BCUT2D eigenvalue weighted by atomic mass is 19.2.